The maximum absolute atomic E-state index is 5.58. The van der Waals surface area contributed by atoms with Crippen molar-refractivity contribution in [3.63, 3.8) is 0 Å². The molecule has 1 aliphatic heterocycles. The molecule has 3 nitrogen and oxygen atoms in total. The summed E-state index contributed by atoms with van der Waals surface area (Å²) in [5.74, 6) is 0.881. The minimum Gasteiger partial charge on any atom is -0.491 e. The smallest absolute Gasteiger partial charge is 0.119 e. The summed E-state index contributed by atoms with van der Waals surface area (Å²) in [4.78, 5) is 0. The van der Waals surface area contributed by atoms with Crippen molar-refractivity contribution < 1.29 is 14.2 Å². The molecule has 0 aromatic heterocycles. The topological polar surface area (TPSA) is 31.0 Å². The van der Waals surface area contributed by atoms with Gasteiger partial charge in [-0.3, -0.25) is 0 Å². The molecule has 0 radical (unpaired) electrons. The Morgan fingerprint density at radius 2 is 2.33 bits per heavy atom. The molecule has 0 bridgehead atoms. The zero-order valence-corrected chi connectivity index (χ0v) is 9.10. The fraction of sp³-hybridized carbons (Fsp3) is 0.500. The van der Waals surface area contributed by atoms with Gasteiger partial charge in [0.2, 0.25) is 0 Å². The van der Waals surface area contributed by atoms with E-state index in [-0.39, 0.29) is 6.10 Å². The summed E-state index contributed by atoms with van der Waals surface area (Å²) in [5, 5.41) is 0. The number of hydrogen-bond donors (Lipinski definition) is 0. The summed E-state index contributed by atoms with van der Waals surface area (Å²) in [6, 6.07) is 7.98. The number of benzene rings is 1. The molecular formula is C12H16O3. The second-order valence-corrected chi connectivity index (χ2v) is 3.72. The minimum absolute atomic E-state index is 0.103. The first-order valence-corrected chi connectivity index (χ1v) is 5.17. The van der Waals surface area contributed by atoms with E-state index in [1.807, 2.05) is 31.2 Å². The third-order valence-corrected chi connectivity index (χ3v) is 2.52. The van der Waals surface area contributed by atoms with Gasteiger partial charge in [0.15, 0.2) is 0 Å². The summed E-state index contributed by atoms with van der Waals surface area (Å²) in [6.07, 6.45) is 0.402. The number of methoxy groups -OCH3 is 1. The summed E-state index contributed by atoms with van der Waals surface area (Å²) in [7, 11) is 1.70. The van der Waals surface area contributed by atoms with Crippen LogP contribution < -0.4 is 4.74 Å². The van der Waals surface area contributed by atoms with Gasteiger partial charge in [-0.1, -0.05) is 12.1 Å². The van der Waals surface area contributed by atoms with E-state index in [2.05, 4.69) is 0 Å². The van der Waals surface area contributed by atoms with E-state index in [0.29, 0.717) is 12.7 Å². The van der Waals surface area contributed by atoms with Crippen molar-refractivity contribution in [3.05, 3.63) is 29.8 Å². The molecule has 3 heteroatoms. The van der Waals surface area contributed by atoms with Gasteiger partial charge in [0.25, 0.3) is 0 Å². The van der Waals surface area contributed by atoms with Gasteiger partial charge in [-0.15, -0.1) is 0 Å². The molecule has 1 fully saturated rings. The van der Waals surface area contributed by atoms with Crippen LogP contribution in [0.25, 0.3) is 0 Å². The number of rotatable bonds is 5. The lowest BCUT2D eigenvalue weighted by Gasteiger charge is -2.11. The van der Waals surface area contributed by atoms with Crippen LogP contribution >= 0.6 is 0 Å². The van der Waals surface area contributed by atoms with Gasteiger partial charge in [0.05, 0.1) is 12.7 Å². The first-order chi connectivity index (χ1) is 7.29. The summed E-state index contributed by atoms with van der Waals surface area (Å²) >= 11 is 0. The normalized spacial score (nSPS) is 21.1. The van der Waals surface area contributed by atoms with Gasteiger partial charge in [0, 0.05) is 7.11 Å². The first kappa shape index (κ1) is 10.5. The van der Waals surface area contributed by atoms with Crippen LogP contribution in [0.3, 0.4) is 0 Å². The summed E-state index contributed by atoms with van der Waals surface area (Å²) < 4.78 is 15.9. The molecule has 1 aliphatic rings. The van der Waals surface area contributed by atoms with Crippen molar-refractivity contribution in [3.8, 4) is 5.75 Å². The van der Waals surface area contributed by atoms with Crippen LogP contribution in [0.15, 0.2) is 24.3 Å². The first-order valence-electron chi connectivity index (χ1n) is 5.17. The Morgan fingerprint density at radius 3 is 3.00 bits per heavy atom. The zero-order chi connectivity index (χ0) is 10.7. The second-order valence-electron chi connectivity index (χ2n) is 3.72. The average Bonchev–Trinajstić information content (AvgIpc) is 3.09. The molecule has 82 valence electrons. The highest BCUT2D eigenvalue weighted by Gasteiger charge is 2.23. The molecule has 0 N–H and O–H groups in total. The molecule has 1 saturated heterocycles. The van der Waals surface area contributed by atoms with E-state index in [1.165, 1.54) is 0 Å². The van der Waals surface area contributed by atoms with E-state index >= 15 is 0 Å². The molecule has 0 saturated carbocycles. The lowest BCUT2D eigenvalue weighted by Crippen LogP contribution is -2.04. The van der Waals surface area contributed by atoms with E-state index in [4.69, 9.17) is 14.2 Å². The minimum atomic E-state index is 0.103. The van der Waals surface area contributed by atoms with Crippen LogP contribution in [-0.2, 0) is 9.47 Å². The highest BCUT2D eigenvalue weighted by atomic mass is 16.6. The molecule has 0 spiro atoms. The maximum Gasteiger partial charge on any atom is 0.119 e. The highest BCUT2D eigenvalue weighted by Crippen LogP contribution is 2.22. The van der Waals surface area contributed by atoms with Gasteiger partial charge >= 0.3 is 0 Å². The molecule has 1 heterocycles. The Hall–Kier alpha value is -1.06. The zero-order valence-electron chi connectivity index (χ0n) is 9.10. The number of epoxide rings is 1. The molecule has 1 aromatic rings. The molecule has 0 amide bonds. The third-order valence-electron chi connectivity index (χ3n) is 2.52. The second kappa shape index (κ2) is 4.64. The van der Waals surface area contributed by atoms with Crippen molar-refractivity contribution >= 4 is 0 Å². The molecule has 2 rings (SSSR count). The van der Waals surface area contributed by atoms with Gasteiger partial charge in [-0.05, 0) is 24.6 Å². The van der Waals surface area contributed by atoms with Crippen LogP contribution in [0.5, 0.6) is 5.75 Å². The van der Waals surface area contributed by atoms with Crippen LogP contribution in [0, 0.1) is 0 Å². The van der Waals surface area contributed by atoms with Crippen molar-refractivity contribution in [2.24, 2.45) is 0 Å². The molecule has 0 aliphatic carbocycles. The van der Waals surface area contributed by atoms with E-state index in [9.17, 15) is 0 Å². The van der Waals surface area contributed by atoms with Crippen LogP contribution in [-0.4, -0.2) is 26.4 Å². The Morgan fingerprint density at radius 1 is 1.53 bits per heavy atom. The van der Waals surface area contributed by atoms with Crippen LogP contribution in [0.1, 0.15) is 18.6 Å². The molecular weight excluding hydrogens is 192 g/mol. The van der Waals surface area contributed by atoms with Crippen LogP contribution in [0.2, 0.25) is 0 Å². The Balaban J connectivity index is 1.97. The van der Waals surface area contributed by atoms with Crippen molar-refractivity contribution in [2.45, 2.75) is 19.1 Å². The fourth-order valence-electron chi connectivity index (χ4n) is 1.35. The Bertz CT molecular complexity index is 320. The molecule has 2 atom stereocenters. The Kier molecular flexibility index (Phi) is 3.23. The number of ether oxygens (including phenoxy) is 3. The van der Waals surface area contributed by atoms with E-state index in [0.717, 1.165) is 17.9 Å². The largest absolute Gasteiger partial charge is 0.491 e. The predicted molar refractivity (Wildman–Crippen MR) is 57.1 cm³/mol. The standard InChI is InChI=1S/C12H16O3/c1-9(13-2)10-4-3-5-11(6-10)14-7-12-8-15-12/h3-6,9,12H,7-8H2,1-2H3. The van der Waals surface area contributed by atoms with Gasteiger partial charge in [-0.2, -0.15) is 0 Å². The number of hydrogen-bond acceptors (Lipinski definition) is 3. The van der Waals surface area contributed by atoms with E-state index < -0.39 is 0 Å². The quantitative estimate of drug-likeness (QED) is 0.695. The predicted octanol–water partition coefficient (Wildman–Crippen LogP) is 2.17. The van der Waals surface area contributed by atoms with Crippen LogP contribution in [0.4, 0.5) is 0 Å². The van der Waals surface area contributed by atoms with Gasteiger partial charge < -0.3 is 14.2 Å². The highest BCUT2D eigenvalue weighted by molar-refractivity contribution is 5.29. The Labute approximate surface area is 90.0 Å². The maximum atomic E-state index is 5.58. The summed E-state index contributed by atoms with van der Waals surface area (Å²) in [5.41, 5.74) is 1.13. The van der Waals surface area contributed by atoms with Crippen molar-refractivity contribution in [2.75, 3.05) is 20.3 Å². The lowest BCUT2D eigenvalue weighted by molar-refractivity contribution is 0.119. The molecule has 1 aromatic carbocycles. The van der Waals surface area contributed by atoms with Crippen molar-refractivity contribution in [1.82, 2.24) is 0 Å². The van der Waals surface area contributed by atoms with Crippen molar-refractivity contribution in [1.29, 1.82) is 0 Å². The van der Waals surface area contributed by atoms with Gasteiger partial charge in [0.1, 0.15) is 18.5 Å². The SMILES string of the molecule is COC(C)c1cccc(OCC2CO2)c1. The summed E-state index contributed by atoms with van der Waals surface area (Å²) in [6.45, 7) is 3.49. The fourth-order valence-corrected chi connectivity index (χ4v) is 1.35. The third kappa shape index (κ3) is 2.94. The average molecular weight is 208 g/mol. The van der Waals surface area contributed by atoms with E-state index in [1.54, 1.807) is 7.11 Å². The lowest BCUT2D eigenvalue weighted by atomic mass is 10.1. The van der Waals surface area contributed by atoms with Gasteiger partial charge in [-0.25, -0.2) is 0 Å². The molecule has 15 heavy (non-hydrogen) atoms. The molecule has 2 unspecified atom stereocenters. The monoisotopic (exact) mass is 208 g/mol.